The minimum atomic E-state index is -1.99. The van der Waals surface area contributed by atoms with Crippen LogP contribution >= 0.6 is 28.4 Å². The normalized spacial score (nSPS) is 11.6. The Morgan fingerprint density at radius 2 is 2.20 bits per heavy atom. The van der Waals surface area contributed by atoms with Crippen molar-refractivity contribution in [1.29, 1.82) is 0 Å². The fraction of sp³-hybridized carbons (Fsp3) is 1.00. The van der Waals surface area contributed by atoms with Crippen molar-refractivity contribution in [2.24, 2.45) is 0 Å². The summed E-state index contributed by atoms with van der Waals surface area (Å²) in [5.74, 6) is 0.986. The monoisotopic (exact) mass is 199 g/mol. The van der Waals surface area contributed by atoms with E-state index in [-0.39, 0.29) is 0 Å². The van der Waals surface area contributed by atoms with Gasteiger partial charge in [-0.2, -0.15) is 0 Å². The lowest BCUT2D eigenvalue weighted by Gasteiger charge is -1.90. The standard InChI is InChI=1S/C5H11O2PS2/c1-2-3-4-5-9-10-8(6)7/h2-5H2,1H3/p+1. The van der Waals surface area contributed by atoms with E-state index >= 15 is 0 Å². The molecule has 2 nitrogen and oxygen atoms in total. The molecule has 0 aliphatic carbocycles. The first-order chi connectivity index (χ1) is 4.77. The molecule has 0 aliphatic heterocycles. The first-order valence-corrected chi connectivity index (χ1v) is 7.36. The molecule has 0 amide bonds. The van der Waals surface area contributed by atoms with Crippen LogP contribution in [-0.2, 0) is 4.57 Å². The van der Waals surface area contributed by atoms with Crippen LogP contribution in [0.25, 0.3) is 0 Å². The van der Waals surface area contributed by atoms with Crippen LogP contribution in [0.1, 0.15) is 26.2 Å². The Morgan fingerprint density at radius 3 is 2.70 bits per heavy atom. The van der Waals surface area contributed by atoms with Crippen LogP contribution in [0.15, 0.2) is 0 Å². The summed E-state index contributed by atoms with van der Waals surface area (Å²) in [7, 11) is 0.556. The van der Waals surface area contributed by atoms with Crippen molar-refractivity contribution in [1.82, 2.24) is 0 Å². The number of hydrogen-bond acceptors (Lipinski definition) is 3. The third-order valence-corrected chi connectivity index (χ3v) is 4.93. The maximum absolute atomic E-state index is 10.1. The maximum Gasteiger partial charge on any atom is 0.594 e. The summed E-state index contributed by atoms with van der Waals surface area (Å²) in [6, 6.07) is 0. The molecule has 60 valence electrons. The van der Waals surface area contributed by atoms with Gasteiger partial charge in [0.15, 0.2) is 0 Å². The van der Waals surface area contributed by atoms with Gasteiger partial charge in [-0.15, -0.1) is 4.89 Å². The quantitative estimate of drug-likeness (QED) is 0.405. The van der Waals surface area contributed by atoms with E-state index in [1.54, 1.807) is 0 Å². The third-order valence-electron chi connectivity index (χ3n) is 0.948. The van der Waals surface area contributed by atoms with Crippen molar-refractivity contribution in [3.05, 3.63) is 0 Å². The van der Waals surface area contributed by atoms with Gasteiger partial charge >= 0.3 is 7.23 Å². The lowest BCUT2D eigenvalue weighted by atomic mass is 10.3. The molecule has 0 fully saturated rings. The minimum Gasteiger partial charge on any atom is -0.150 e. The highest BCUT2D eigenvalue weighted by atomic mass is 33.3. The molecule has 0 aliphatic rings. The van der Waals surface area contributed by atoms with Crippen LogP contribution in [0.3, 0.4) is 0 Å². The molecule has 0 radical (unpaired) electrons. The summed E-state index contributed by atoms with van der Waals surface area (Å²) < 4.78 is 10.1. The zero-order valence-electron chi connectivity index (χ0n) is 5.95. The Labute approximate surface area is 70.2 Å². The lowest BCUT2D eigenvalue weighted by Crippen LogP contribution is -1.74. The van der Waals surface area contributed by atoms with Crippen molar-refractivity contribution in [3.8, 4) is 0 Å². The van der Waals surface area contributed by atoms with Gasteiger partial charge in [-0.3, -0.25) is 0 Å². The fourth-order valence-corrected chi connectivity index (χ4v) is 3.31. The fourth-order valence-electron chi connectivity index (χ4n) is 0.493. The van der Waals surface area contributed by atoms with E-state index in [0.717, 1.165) is 22.6 Å². The zero-order chi connectivity index (χ0) is 7.82. The number of unbranched alkanes of at least 4 members (excludes halogenated alkanes) is 2. The first kappa shape index (κ1) is 10.8. The topological polar surface area (TPSA) is 37.3 Å². The molecule has 10 heavy (non-hydrogen) atoms. The van der Waals surface area contributed by atoms with E-state index in [2.05, 4.69) is 6.92 Å². The third kappa shape index (κ3) is 8.76. The molecule has 0 bridgehead atoms. The molecule has 0 rings (SSSR count). The molecule has 0 heterocycles. The van der Waals surface area contributed by atoms with Crippen LogP contribution in [0, 0.1) is 0 Å². The highest BCUT2D eigenvalue weighted by molar-refractivity contribution is 8.96. The van der Waals surface area contributed by atoms with E-state index in [4.69, 9.17) is 4.89 Å². The predicted octanol–water partition coefficient (Wildman–Crippen LogP) is 3.21. The molecule has 5 heteroatoms. The molecule has 1 N–H and O–H groups in total. The average Bonchev–Trinajstić information content (AvgIpc) is 1.87. The van der Waals surface area contributed by atoms with E-state index < -0.39 is 7.23 Å². The van der Waals surface area contributed by atoms with Gasteiger partial charge in [-0.25, -0.2) is 0 Å². The van der Waals surface area contributed by atoms with Crippen LogP contribution in [0.4, 0.5) is 0 Å². The van der Waals surface area contributed by atoms with Crippen molar-refractivity contribution in [2.45, 2.75) is 26.2 Å². The SMILES string of the molecule is CCCCCSS[P+](=O)O. The molecule has 0 saturated carbocycles. The van der Waals surface area contributed by atoms with E-state index in [1.165, 1.54) is 23.6 Å². The second kappa shape index (κ2) is 7.86. The molecule has 0 spiro atoms. The summed E-state index contributed by atoms with van der Waals surface area (Å²) in [5, 5.41) is 0. The second-order valence-corrected chi connectivity index (χ2v) is 6.54. The van der Waals surface area contributed by atoms with Gasteiger partial charge in [-0.1, -0.05) is 19.8 Å². The van der Waals surface area contributed by atoms with E-state index in [0.29, 0.717) is 0 Å². The molecule has 1 unspecified atom stereocenters. The van der Waals surface area contributed by atoms with Gasteiger partial charge in [0.2, 0.25) is 10.4 Å². The van der Waals surface area contributed by atoms with Crippen molar-refractivity contribution in [3.63, 3.8) is 0 Å². The Morgan fingerprint density at radius 1 is 1.50 bits per heavy atom. The van der Waals surface area contributed by atoms with Crippen molar-refractivity contribution in [2.75, 3.05) is 5.75 Å². The molecule has 0 aromatic rings. The van der Waals surface area contributed by atoms with Gasteiger partial charge in [0.1, 0.15) is 0 Å². The van der Waals surface area contributed by atoms with Crippen LogP contribution < -0.4 is 0 Å². The summed E-state index contributed by atoms with van der Waals surface area (Å²) >= 11 is 0. The van der Waals surface area contributed by atoms with Gasteiger partial charge in [0.05, 0.1) is 0 Å². The van der Waals surface area contributed by atoms with Gasteiger partial charge in [0, 0.05) is 5.75 Å². The molecular formula is C5H12O2PS2+. The van der Waals surface area contributed by atoms with Gasteiger partial charge in [0.25, 0.3) is 0 Å². The Kier molecular flexibility index (Phi) is 8.46. The van der Waals surface area contributed by atoms with Crippen LogP contribution in [0.5, 0.6) is 0 Å². The molecule has 1 atom stereocenters. The predicted molar refractivity (Wildman–Crippen MR) is 49.4 cm³/mol. The highest BCUT2D eigenvalue weighted by Gasteiger charge is 2.11. The molecular weight excluding hydrogens is 187 g/mol. The highest BCUT2D eigenvalue weighted by Crippen LogP contribution is 2.43. The largest absolute Gasteiger partial charge is 0.594 e. The van der Waals surface area contributed by atoms with Crippen LogP contribution in [0.2, 0.25) is 0 Å². The van der Waals surface area contributed by atoms with Gasteiger partial charge < -0.3 is 0 Å². The summed E-state index contributed by atoms with van der Waals surface area (Å²) in [6.07, 6.45) is 3.57. The smallest absolute Gasteiger partial charge is 0.150 e. The summed E-state index contributed by atoms with van der Waals surface area (Å²) in [5.41, 5.74) is 0. The Balaban J connectivity index is 2.84. The van der Waals surface area contributed by atoms with Gasteiger partial charge in [-0.05, 0) is 21.8 Å². The number of hydrogen-bond donors (Lipinski definition) is 1. The van der Waals surface area contributed by atoms with E-state index in [9.17, 15) is 4.57 Å². The Bertz CT molecular complexity index is 99.6. The second-order valence-electron chi connectivity index (χ2n) is 1.84. The summed E-state index contributed by atoms with van der Waals surface area (Å²) in [6.45, 7) is 2.14. The average molecular weight is 199 g/mol. The number of rotatable bonds is 6. The van der Waals surface area contributed by atoms with Crippen LogP contribution in [-0.4, -0.2) is 10.6 Å². The summed E-state index contributed by atoms with van der Waals surface area (Å²) in [4.78, 5) is 8.36. The first-order valence-electron chi connectivity index (χ1n) is 3.23. The molecule has 0 saturated heterocycles. The molecule has 0 aromatic heterocycles. The zero-order valence-corrected chi connectivity index (χ0v) is 8.48. The minimum absolute atomic E-state index is 0.986. The van der Waals surface area contributed by atoms with Crippen molar-refractivity contribution < 1.29 is 9.46 Å². The molecule has 0 aromatic carbocycles. The van der Waals surface area contributed by atoms with E-state index in [1.807, 2.05) is 0 Å². The van der Waals surface area contributed by atoms with Crippen molar-refractivity contribution >= 4 is 28.4 Å². The Hall–Kier alpha value is 0.760. The lowest BCUT2D eigenvalue weighted by molar-refractivity contribution is 0.520. The maximum atomic E-state index is 10.1.